The largest absolute Gasteiger partial charge is 0.389 e. The smallest absolute Gasteiger partial charge is 0.227 e. The molecule has 6 heteroatoms. The molecule has 21 heavy (non-hydrogen) atoms. The number of aromatic nitrogens is 2. The number of nitrogens with zero attached hydrogens (tertiary/aromatic N) is 3. The van der Waals surface area contributed by atoms with Gasteiger partial charge in [0, 0.05) is 13.0 Å². The average molecular weight is 309 g/mol. The maximum absolute atomic E-state index is 9.86. The molecule has 0 spiro atoms. The Bertz CT molecular complexity index is 531. The van der Waals surface area contributed by atoms with E-state index in [0.29, 0.717) is 18.3 Å². The molecule has 2 aromatic rings. The van der Waals surface area contributed by atoms with Crippen LogP contribution in [0.15, 0.2) is 22.0 Å². The van der Waals surface area contributed by atoms with Gasteiger partial charge in [0.2, 0.25) is 11.7 Å². The summed E-state index contributed by atoms with van der Waals surface area (Å²) < 4.78 is 5.28. The van der Waals surface area contributed by atoms with Crippen LogP contribution in [0, 0.1) is 0 Å². The predicted octanol–water partition coefficient (Wildman–Crippen LogP) is 2.82. The van der Waals surface area contributed by atoms with E-state index in [0.717, 1.165) is 30.8 Å². The van der Waals surface area contributed by atoms with E-state index in [4.69, 9.17) is 4.52 Å². The normalized spacial score (nSPS) is 12.2. The van der Waals surface area contributed by atoms with Crippen LogP contribution in [0.2, 0.25) is 0 Å². The van der Waals surface area contributed by atoms with Crippen molar-refractivity contribution in [1.29, 1.82) is 0 Å². The summed E-state index contributed by atoms with van der Waals surface area (Å²) in [5.41, 5.74) is -0.660. The number of aryl methyl sites for hydroxylation is 1. The van der Waals surface area contributed by atoms with Crippen LogP contribution in [0.25, 0.3) is 10.7 Å². The molecule has 0 aromatic carbocycles. The summed E-state index contributed by atoms with van der Waals surface area (Å²) in [7, 11) is 0. The Kier molecular flexibility index (Phi) is 5.50. The van der Waals surface area contributed by atoms with Crippen molar-refractivity contribution in [3.05, 3.63) is 23.4 Å². The maximum Gasteiger partial charge on any atom is 0.227 e. The van der Waals surface area contributed by atoms with E-state index in [1.807, 2.05) is 31.4 Å². The van der Waals surface area contributed by atoms with Gasteiger partial charge in [0.1, 0.15) is 0 Å². The highest BCUT2D eigenvalue weighted by Crippen LogP contribution is 2.21. The van der Waals surface area contributed by atoms with E-state index < -0.39 is 5.60 Å². The lowest BCUT2D eigenvalue weighted by molar-refractivity contribution is 0.0374. The summed E-state index contributed by atoms with van der Waals surface area (Å²) in [5, 5.41) is 15.9. The van der Waals surface area contributed by atoms with Crippen LogP contribution >= 0.6 is 11.3 Å². The maximum atomic E-state index is 9.86. The summed E-state index contributed by atoms with van der Waals surface area (Å²) in [6.07, 6.45) is 1.71. The second kappa shape index (κ2) is 7.15. The molecule has 0 saturated heterocycles. The quantitative estimate of drug-likeness (QED) is 0.812. The molecule has 0 unspecified atom stereocenters. The van der Waals surface area contributed by atoms with E-state index in [9.17, 15) is 5.11 Å². The Labute approximate surface area is 129 Å². The first-order valence-corrected chi connectivity index (χ1v) is 8.17. The van der Waals surface area contributed by atoms with Crippen molar-refractivity contribution in [2.45, 2.75) is 39.2 Å². The van der Waals surface area contributed by atoms with Gasteiger partial charge in [-0.25, -0.2) is 0 Å². The van der Waals surface area contributed by atoms with Crippen LogP contribution in [0.4, 0.5) is 0 Å². The van der Waals surface area contributed by atoms with Gasteiger partial charge in [0.15, 0.2) is 0 Å². The van der Waals surface area contributed by atoms with Crippen molar-refractivity contribution < 1.29 is 9.63 Å². The molecule has 116 valence electrons. The Balaban J connectivity index is 1.81. The summed E-state index contributed by atoms with van der Waals surface area (Å²) in [5.74, 6) is 1.35. The van der Waals surface area contributed by atoms with Gasteiger partial charge in [-0.15, -0.1) is 11.3 Å². The van der Waals surface area contributed by atoms with Crippen molar-refractivity contribution in [1.82, 2.24) is 15.0 Å². The zero-order chi connectivity index (χ0) is 15.3. The molecule has 0 aliphatic heterocycles. The van der Waals surface area contributed by atoms with Gasteiger partial charge in [-0.05, 0) is 44.8 Å². The lowest BCUT2D eigenvalue weighted by atomic mass is 10.1. The zero-order valence-electron chi connectivity index (χ0n) is 12.9. The van der Waals surface area contributed by atoms with Crippen LogP contribution in [0.3, 0.4) is 0 Å². The molecule has 2 heterocycles. The molecule has 0 bridgehead atoms. The summed E-state index contributed by atoms with van der Waals surface area (Å²) in [6, 6.07) is 3.97. The zero-order valence-corrected chi connectivity index (χ0v) is 13.7. The molecule has 0 atom stereocenters. The Morgan fingerprint density at radius 2 is 2.24 bits per heavy atom. The molecule has 2 aromatic heterocycles. The number of hydrogen-bond donors (Lipinski definition) is 1. The fourth-order valence-electron chi connectivity index (χ4n) is 2.21. The Morgan fingerprint density at radius 3 is 2.86 bits per heavy atom. The van der Waals surface area contributed by atoms with Crippen molar-refractivity contribution >= 4 is 11.3 Å². The minimum Gasteiger partial charge on any atom is -0.389 e. The van der Waals surface area contributed by atoms with Crippen molar-refractivity contribution in [3.63, 3.8) is 0 Å². The van der Waals surface area contributed by atoms with Crippen LogP contribution in [-0.4, -0.2) is 45.4 Å². The lowest BCUT2D eigenvalue weighted by Gasteiger charge is -2.27. The molecule has 0 fully saturated rings. The summed E-state index contributed by atoms with van der Waals surface area (Å²) >= 11 is 1.61. The van der Waals surface area contributed by atoms with Gasteiger partial charge in [-0.1, -0.05) is 18.1 Å². The highest BCUT2D eigenvalue weighted by Gasteiger charge is 2.17. The highest BCUT2D eigenvalue weighted by molar-refractivity contribution is 7.13. The number of likely N-dealkylation sites (N-methyl/N-ethyl adjacent to an activating group) is 1. The topological polar surface area (TPSA) is 62.4 Å². The second-order valence-corrected chi connectivity index (χ2v) is 6.72. The third kappa shape index (κ3) is 5.22. The van der Waals surface area contributed by atoms with Gasteiger partial charge in [-0.2, -0.15) is 4.98 Å². The van der Waals surface area contributed by atoms with Gasteiger partial charge < -0.3 is 14.5 Å². The standard InChI is InChI=1S/C15H23N3O2S/c1-4-18(11-15(2,3)19)9-5-8-13-16-14(17-20-13)12-7-6-10-21-12/h6-7,10,19H,4-5,8-9,11H2,1-3H3. The Morgan fingerprint density at radius 1 is 1.43 bits per heavy atom. The van der Waals surface area contributed by atoms with Gasteiger partial charge in [0.05, 0.1) is 10.5 Å². The van der Waals surface area contributed by atoms with E-state index in [1.165, 1.54) is 0 Å². The minimum atomic E-state index is -0.660. The van der Waals surface area contributed by atoms with Crippen LogP contribution in [-0.2, 0) is 6.42 Å². The van der Waals surface area contributed by atoms with Gasteiger partial charge in [0.25, 0.3) is 0 Å². The Hall–Kier alpha value is -1.24. The fourth-order valence-corrected chi connectivity index (χ4v) is 2.86. The van der Waals surface area contributed by atoms with Crippen molar-refractivity contribution in [3.8, 4) is 10.7 Å². The van der Waals surface area contributed by atoms with Crippen molar-refractivity contribution in [2.75, 3.05) is 19.6 Å². The predicted molar refractivity (Wildman–Crippen MR) is 84.3 cm³/mol. The van der Waals surface area contributed by atoms with E-state index >= 15 is 0 Å². The van der Waals surface area contributed by atoms with E-state index in [-0.39, 0.29) is 0 Å². The average Bonchev–Trinajstić information content (AvgIpc) is 3.06. The fraction of sp³-hybridized carbons (Fsp3) is 0.600. The SMILES string of the molecule is CCN(CCCc1nc(-c2cccs2)no1)CC(C)(C)O. The number of rotatable bonds is 8. The third-order valence-electron chi connectivity index (χ3n) is 3.13. The molecule has 0 saturated carbocycles. The molecule has 0 aliphatic carbocycles. The number of hydrogen-bond acceptors (Lipinski definition) is 6. The summed E-state index contributed by atoms with van der Waals surface area (Å²) in [4.78, 5) is 7.68. The summed E-state index contributed by atoms with van der Waals surface area (Å²) in [6.45, 7) is 8.29. The monoisotopic (exact) mass is 309 g/mol. The molecule has 2 rings (SSSR count). The number of aliphatic hydroxyl groups is 1. The minimum absolute atomic E-state index is 0.660. The second-order valence-electron chi connectivity index (χ2n) is 5.77. The number of thiophene rings is 1. The molecular formula is C15H23N3O2S. The van der Waals surface area contributed by atoms with E-state index in [1.54, 1.807) is 11.3 Å². The van der Waals surface area contributed by atoms with Crippen LogP contribution in [0.5, 0.6) is 0 Å². The highest BCUT2D eigenvalue weighted by atomic mass is 32.1. The molecule has 5 nitrogen and oxygen atoms in total. The first-order chi connectivity index (χ1) is 9.98. The van der Waals surface area contributed by atoms with Crippen LogP contribution < -0.4 is 0 Å². The molecule has 0 amide bonds. The molecule has 0 aliphatic rings. The molecular weight excluding hydrogens is 286 g/mol. The molecule has 0 radical (unpaired) electrons. The van der Waals surface area contributed by atoms with E-state index in [2.05, 4.69) is 22.0 Å². The lowest BCUT2D eigenvalue weighted by Crippen LogP contribution is -2.39. The first-order valence-electron chi connectivity index (χ1n) is 7.29. The van der Waals surface area contributed by atoms with Crippen LogP contribution in [0.1, 0.15) is 33.1 Å². The van der Waals surface area contributed by atoms with Crippen molar-refractivity contribution in [2.24, 2.45) is 0 Å². The van der Waals surface area contributed by atoms with Gasteiger partial charge in [-0.3, -0.25) is 0 Å². The molecule has 1 N–H and O–H groups in total. The third-order valence-corrected chi connectivity index (χ3v) is 4.00. The first kappa shape index (κ1) is 16.1. The van der Waals surface area contributed by atoms with Gasteiger partial charge >= 0.3 is 0 Å².